The summed E-state index contributed by atoms with van der Waals surface area (Å²) in [6, 6.07) is 1.41. The fraction of sp³-hybridized carbons (Fsp3) is 0.667. The van der Waals surface area contributed by atoms with E-state index in [4.69, 9.17) is 0 Å². The molecule has 5 heteroatoms. The summed E-state index contributed by atoms with van der Waals surface area (Å²) in [5.74, 6) is -0.209. The summed E-state index contributed by atoms with van der Waals surface area (Å²) in [4.78, 5) is 13.8. The molecule has 1 aromatic heterocycles. The van der Waals surface area contributed by atoms with E-state index in [0.717, 1.165) is 25.1 Å². The largest absolute Gasteiger partial charge is 0.503 e. The highest BCUT2D eigenvalue weighted by Crippen LogP contribution is 2.17. The maximum atomic E-state index is 11.7. The lowest BCUT2D eigenvalue weighted by Gasteiger charge is -2.23. The molecule has 2 N–H and O–H groups in total. The van der Waals surface area contributed by atoms with Crippen molar-refractivity contribution in [2.45, 2.75) is 52.8 Å². The van der Waals surface area contributed by atoms with Crippen molar-refractivity contribution >= 4 is 0 Å². The van der Waals surface area contributed by atoms with Gasteiger partial charge in [-0.2, -0.15) is 0 Å². The predicted octanol–water partition coefficient (Wildman–Crippen LogP) is 1.48. The molecule has 0 bridgehead atoms. The van der Waals surface area contributed by atoms with E-state index in [-0.39, 0.29) is 11.2 Å². The number of nitrogens with zero attached hydrogens (tertiary/aromatic N) is 2. The van der Waals surface area contributed by atoms with Gasteiger partial charge < -0.3 is 19.7 Å². The molecule has 5 nitrogen and oxygen atoms in total. The van der Waals surface area contributed by atoms with Crippen molar-refractivity contribution in [1.82, 2.24) is 9.47 Å². The van der Waals surface area contributed by atoms with Gasteiger partial charge in [0.1, 0.15) is 0 Å². The van der Waals surface area contributed by atoms with E-state index >= 15 is 0 Å². The molecule has 0 radical (unpaired) electrons. The molecule has 0 aliphatic carbocycles. The fourth-order valence-electron chi connectivity index (χ4n) is 2.26. The second-order valence-corrected chi connectivity index (χ2v) is 5.50. The summed E-state index contributed by atoms with van der Waals surface area (Å²) >= 11 is 0. The number of hydrogen-bond donors (Lipinski definition) is 2. The van der Waals surface area contributed by atoms with Gasteiger partial charge in [0.2, 0.25) is 5.43 Å². The van der Waals surface area contributed by atoms with Crippen LogP contribution in [0.25, 0.3) is 0 Å². The summed E-state index contributed by atoms with van der Waals surface area (Å²) in [6.45, 7) is 7.41. The van der Waals surface area contributed by atoms with E-state index in [9.17, 15) is 15.0 Å². The number of aliphatic hydroxyl groups excluding tert-OH is 1. The second-order valence-electron chi connectivity index (χ2n) is 5.50. The third-order valence-corrected chi connectivity index (χ3v) is 3.36. The lowest BCUT2D eigenvalue weighted by Crippen LogP contribution is -2.27. The van der Waals surface area contributed by atoms with Crippen molar-refractivity contribution in [3.63, 3.8) is 0 Å². The Balaban J connectivity index is 3.10. The number of rotatable bonds is 7. The normalized spacial score (nSPS) is 12.9. The number of pyridine rings is 1. The SMILES string of the molecule is CCCCN(C)Cc1c(O)c(=O)cc(C)n1CC(C)O. The number of aryl methyl sites for hydroxylation is 1. The zero-order chi connectivity index (χ0) is 15.3. The van der Waals surface area contributed by atoms with E-state index in [1.807, 2.05) is 18.5 Å². The van der Waals surface area contributed by atoms with Crippen LogP contribution in [0.1, 0.15) is 38.1 Å². The first-order valence-corrected chi connectivity index (χ1v) is 7.15. The highest BCUT2D eigenvalue weighted by molar-refractivity contribution is 5.29. The van der Waals surface area contributed by atoms with E-state index in [1.54, 1.807) is 6.92 Å². The lowest BCUT2D eigenvalue weighted by atomic mass is 10.2. The number of hydrogen-bond acceptors (Lipinski definition) is 4. The molecule has 20 heavy (non-hydrogen) atoms. The Hall–Kier alpha value is -1.33. The first-order valence-electron chi connectivity index (χ1n) is 7.15. The third kappa shape index (κ3) is 4.35. The van der Waals surface area contributed by atoms with Crippen molar-refractivity contribution in [2.24, 2.45) is 0 Å². The van der Waals surface area contributed by atoms with Gasteiger partial charge in [0.05, 0.1) is 11.8 Å². The second kappa shape index (κ2) is 7.45. The number of aromatic hydroxyl groups is 1. The molecule has 0 saturated heterocycles. The van der Waals surface area contributed by atoms with Crippen LogP contribution < -0.4 is 5.43 Å². The van der Waals surface area contributed by atoms with Crippen molar-refractivity contribution in [2.75, 3.05) is 13.6 Å². The zero-order valence-electron chi connectivity index (χ0n) is 12.9. The maximum Gasteiger partial charge on any atom is 0.223 e. The Bertz CT molecular complexity index is 495. The van der Waals surface area contributed by atoms with Gasteiger partial charge >= 0.3 is 0 Å². The summed E-state index contributed by atoms with van der Waals surface area (Å²) in [6.07, 6.45) is 1.64. The van der Waals surface area contributed by atoms with E-state index in [0.29, 0.717) is 18.8 Å². The van der Waals surface area contributed by atoms with Gasteiger partial charge in [0.25, 0.3) is 0 Å². The average Bonchev–Trinajstić information content (AvgIpc) is 2.37. The maximum absolute atomic E-state index is 11.7. The molecule has 1 heterocycles. The molecular formula is C15H26N2O3. The van der Waals surface area contributed by atoms with Crippen LogP contribution in [-0.4, -0.2) is 39.4 Å². The van der Waals surface area contributed by atoms with Crippen molar-refractivity contribution < 1.29 is 10.2 Å². The van der Waals surface area contributed by atoms with E-state index in [2.05, 4.69) is 11.8 Å². The molecule has 0 saturated carbocycles. The smallest absolute Gasteiger partial charge is 0.223 e. The fourth-order valence-corrected chi connectivity index (χ4v) is 2.26. The molecule has 1 atom stereocenters. The number of aromatic nitrogens is 1. The zero-order valence-corrected chi connectivity index (χ0v) is 12.9. The minimum absolute atomic E-state index is 0.209. The number of aliphatic hydroxyl groups is 1. The Kier molecular flexibility index (Phi) is 6.23. The van der Waals surface area contributed by atoms with Crippen LogP contribution in [0.4, 0.5) is 0 Å². The van der Waals surface area contributed by atoms with Gasteiger partial charge in [-0.1, -0.05) is 13.3 Å². The Morgan fingerprint density at radius 2 is 2.10 bits per heavy atom. The third-order valence-electron chi connectivity index (χ3n) is 3.36. The Labute approximate surface area is 120 Å². The van der Waals surface area contributed by atoms with Gasteiger partial charge in [-0.3, -0.25) is 4.79 Å². The standard InChI is InChI=1S/C15H26N2O3/c1-5-6-7-16(4)10-13-15(20)14(19)8-11(2)17(13)9-12(3)18/h8,12,18,20H,5-7,9-10H2,1-4H3. The average molecular weight is 282 g/mol. The van der Waals surface area contributed by atoms with Gasteiger partial charge in [-0.15, -0.1) is 0 Å². The summed E-state index contributed by atoms with van der Waals surface area (Å²) < 4.78 is 1.82. The van der Waals surface area contributed by atoms with Crippen molar-refractivity contribution in [3.8, 4) is 5.75 Å². The van der Waals surface area contributed by atoms with Gasteiger partial charge in [0.15, 0.2) is 5.75 Å². The van der Waals surface area contributed by atoms with Crippen LogP contribution >= 0.6 is 0 Å². The molecule has 1 unspecified atom stereocenters. The number of unbranched alkanes of at least 4 members (excludes halogenated alkanes) is 1. The van der Waals surface area contributed by atoms with Crippen molar-refractivity contribution in [1.29, 1.82) is 0 Å². The molecule has 0 fully saturated rings. The van der Waals surface area contributed by atoms with Gasteiger partial charge in [-0.25, -0.2) is 0 Å². The molecule has 0 aliphatic heterocycles. The first-order chi connectivity index (χ1) is 9.36. The van der Waals surface area contributed by atoms with Crippen molar-refractivity contribution in [3.05, 3.63) is 27.7 Å². The Morgan fingerprint density at radius 1 is 1.45 bits per heavy atom. The molecule has 0 amide bonds. The van der Waals surface area contributed by atoms with Crippen LogP contribution in [-0.2, 0) is 13.1 Å². The minimum atomic E-state index is -0.532. The monoisotopic (exact) mass is 282 g/mol. The van der Waals surface area contributed by atoms with Crippen LogP contribution in [0.5, 0.6) is 5.75 Å². The molecule has 0 aliphatic rings. The molecule has 1 rings (SSSR count). The molecule has 1 aromatic rings. The van der Waals surface area contributed by atoms with Crippen LogP contribution in [0.3, 0.4) is 0 Å². The van der Waals surface area contributed by atoms with Crippen LogP contribution in [0.15, 0.2) is 10.9 Å². The van der Waals surface area contributed by atoms with E-state index in [1.165, 1.54) is 6.07 Å². The molecule has 0 aromatic carbocycles. The molecule has 0 spiro atoms. The highest BCUT2D eigenvalue weighted by Gasteiger charge is 2.15. The van der Waals surface area contributed by atoms with Gasteiger partial charge in [-0.05, 0) is 33.9 Å². The molecule has 114 valence electrons. The van der Waals surface area contributed by atoms with Crippen LogP contribution in [0, 0.1) is 6.92 Å². The topological polar surface area (TPSA) is 65.7 Å². The summed E-state index contributed by atoms with van der Waals surface area (Å²) in [5.41, 5.74) is 0.977. The minimum Gasteiger partial charge on any atom is -0.503 e. The van der Waals surface area contributed by atoms with E-state index < -0.39 is 6.10 Å². The Morgan fingerprint density at radius 3 is 2.65 bits per heavy atom. The van der Waals surface area contributed by atoms with Gasteiger partial charge in [0, 0.05) is 24.8 Å². The summed E-state index contributed by atoms with van der Waals surface area (Å²) in [5, 5.41) is 19.6. The summed E-state index contributed by atoms with van der Waals surface area (Å²) in [7, 11) is 1.97. The molecular weight excluding hydrogens is 256 g/mol. The predicted molar refractivity (Wildman–Crippen MR) is 80.0 cm³/mol. The lowest BCUT2D eigenvalue weighted by molar-refractivity contribution is 0.168. The van der Waals surface area contributed by atoms with Crippen LogP contribution in [0.2, 0.25) is 0 Å². The quantitative estimate of drug-likeness (QED) is 0.795. The highest BCUT2D eigenvalue weighted by atomic mass is 16.3. The first kappa shape index (κ1) is 16.7.